The van der Waals surface area contributed by atoms with Gasteiger partial charge in [0, 0.05) is 33.9 Å². The fourth-order valence-corrected chi connectivity index (χ4v) is 2.85. The second-order valence-electron chi connectivity index (χ2n) is 4.62. The average Bonchev–Trinajstić information content (AvgIpc) is 2.81. The van der Waals surface area contributed by atoms with Crippen LogP contribution in [-0.2, 0) is 16.0 Å². The van der Waals surface area contributed by atoms with Crippen LogP contribution in [0.5, 0.6) is 0 Å². The summed E-state index contributed by atoms with van der Waals surface area (Å²) in [5.41, 5.74) is 7.96. The van der Waals surface area contributed by atoms with Crippen LogP contribution in [0, 0.1) is 0 Å². The molecule has 0 fully saturated rings. The van der Waals surface area contributed by atoms with Crippen LogP contribution < -0.4 is 5.73 Å². The highest BCUT2D eigenvalue weighted by atomic mass is 32.1. The second-order valence-corrected chi connectivity index (χ2v) is 5.68. The molecule has 20 heavy (non-hydrogen) atoms. The summed E-state index contributed by atoms with van der Waals surface area (Å²) in [5, 5.41) is 0.618. The third-order valence-electron chi connectivity index (χ3n) is 3.10. The quantitative estimate of drug-likeness (QED) is 0.807. The van der Waals surface area contributed by atoms with Crippen molar-refractivity contribution in [2.45, 2.75) is 6.54 Å². The van der Waals surface area contributed by atoms with Crippen molar-refractivity contribution in [1.82, 2.24) is 9.88 Å². The predicted octanol–water partition coefficient (Wildman–Crippen LogP) is 1.97. The number of fused-ring (bicyclic) bond motifs is 1. The largest absolute Gasteiger partial charge is 0.383 e. The maximum atomic E-state index is 5.74. The van der Waals surface area contributed by atoms with Gasteiger partial charge in [0.05, 0.1) is 23.4 Å². The number of nitrogens with two attached hydrogens (primary N) is 1. The minimum absolute atomic E-state index is 0.618. The highest BCUT2D eigenvalue weighted by Crippen LogP contribution is 2.25. The first-order valence-electron chi connectivity index (χ1n) is 6.58. The molecule has 0 radical (unpaired) electrons. The van der Waals surface area contributed by atoms with Gasteiger partial charge in [-0.25, -0.2) is 4.98 Å². The zero-order chi connectivity index (χ0) is 14.4. The van der Waals surface area contributed by atoms with E-state index in [4.69, 9.17) is 15.2 Å². The molecule has 6 heteroatoms. The van der Waals surface area contributed by atoms with E-state index in [-0.39, 0.29) is 0 Å². The lowest BCUT2D eigenvalue weighted by Crippen LogP contribution is -2.30. The van der Waals surface area contributed by atoms with Crippen LogP contribution in [0.25, 0.3) is 10.2 Å². The number of nitrogen functional groups attached to an aromatic ring is 1. The number of anilines is 1. The molecular weight excluding hydrogens is 274 g/mol. The van der Waals surface area contributed by atoms with Crippen molar-refractivity contribution < 1.29 is 9.47 Å². The Labute approximate surface area is 123 Å². The third kappa shape index (κ3) is 4.14. The number of thiazole rings is 1. The number of nitrogens with zero attached hydrogens (tertiary/aromatic N) is 2. The zero-order valence-corrected chi connectivity index (χ0v) is 12.8. The first-order valence-corrected chi connectivity index (χ1v) is 7.39. The van der Waals surface area contributed by atoms with Crippen molar-refractivity contribution in [3.63, 3.8) is 0 Å². The fourth-order valence-electron chi connectivity index (χ4n) is 2.05. The van der Waals surface area contributed by atoms with Gasteiger partial charge in [0.15, 0.2) is 5.13 Å². The second kappa shape index (κ2) is 7.54. The van der Waals surface area contributed by atoms with E-state index in [9.17, 15) is 0 Å². The Morgan fingerprint density at radius 2 is 1.90 bits per heavy atom. The van der Waals surface area contributed by atoms with E-state index in [1.165, 1.54) is 16.9 Å². The molecule has 1 aromatic carbocycles. The number of rotatable bonds is 8. The number of benzene rings is 1. The van der Waals surface area contributed by atoms with Crippen LogP contribution in [0.2, 0.25) is 0 Å². The molecule has 0 aliphatic carbocycles. The van der Waals surface area contributed by atoms with E-state index in [2.05, 4.69) is 22.0 Å². The van der Waals surface area contributed by atoms with Crippen molar-refractivity contribution in [2.75, 3.05) is 46.3 Å². The summed E-state index contributed by atoms with van der Waals surface area (Å²) in [6.07, 6.45) is 0. The van der Waals surface area contributed by atoms with Gasteiger partial charge >= 0.3 is 0 Å². The minimum Gasteiger partial charge on any atom is -0.383 e. The van der Waals surface area contributed by atoms with Crippen LogP contribution in [0.15, 0.2) is 18.2 Å². The number of hydrogen-bond donors (Lipinski definition) is 1. The van der Waals surface area contributed by atoms with Crippen LogP contribution in [-0.4, -0.2) is 50.4 Å². The van der Waals surface area contributed by atoms with Crippen molar-refractivity contribution in [2.24, 2.45) is 0 Å². The number of hydrogen-bond acceptors (Lipinski definition) is 6. The van der Waals surface area contributed by atoms with Crippen molar-refractivity contribution >= 4 is 26.7 Å². The summed E-state index contributed by atoms with van der Waals surface area (Å²) >= 11 is 1.53. The van der Waals surface area contributed by atoms with E-state index in [0.29, 0.717) is 5.13 Å². The minimum atomic E-state index is 0.618. The molecule has 2 rings (SSSR count). The van der Waals surface area contributed by atoms with Gasteiger partial charge in [-0.3, -0.25) is 4.90 Å². The van der Waals surface area contributed by atoms with Gasteiger partial charge in [-0.05, 0) is 17.7 Å². The molecule has 0 atom stereocenters. The Hall–Kier alpha value is -1.21. The van der Waals surface area contributed by atoms with Gasteiger partial charge in [-0.2, -0.15) is 0 Å². The Balaban J connectivity index is 2.05. The Kier molecular flexibility index (Phi) is 5.72. The highest BCUT2D eigenvalue weighted by Gasteiger charge is 2.08. The summed E-state index contributed by atoms with van der Waals surface area (Å²) in [4.78, 5) is 6.59. The third-order valence-corrected chi connectivity index (χ3v) is 3.95. The van der Waals surface area contributed by atoms with Gasteiger partial charge in [-0.1, -0.05) is 17.4 Å². The molecule has 0 amide bonds. The fraction of sp³-hybridized carbons (Fsp3) is 0.500. The Morgan fingerprint density at radius 1 is 1.20 bits per heavy atom. The summed E-state index contributed by atoms with van der Waals surface area (Å²) in [7, 11) is 3.45. The maximum absolute atomic E-state index is 5.74. The van der Waals surface area contributed by atoms with Crippen LogP contribution >= 0.6 is 11.3 Å². The first-order chi connectivity index (χ1) is 9.72. The topological polar surface area (TPSA) is 60.6 Å². The lowest BCUT2D eigenvalue weighted by molar-refractivity contribution is 0.110. The Bertz CT molecular complexity index is 536. The number of ether oxygens (including phenoxy) is 2. The van der Waals surface area contributed by atoms with Crippen LogP contribution in [0.4, 0.5) is 5.13 Å². The molecule has 0 spiro atoms. The monoisotopic (exact) mass is 295 g/mol. The van der Waals surface area contributed by atoms with Crippen LogP contribution in [0.1, 0.15) is 5.56 Å². The van der Waals surface area contributed by atoms with Crippen LogP contribution in [0.3, 0.4) is 0 Å². The van der Waals surface area contributed by atoms with Crippen molar-refractivity contribution in [3.05, 3.63) is 23.8 Å². The lowest BCUT2D eigenvalue weighted by Gasteiger charge is -2.21. The first kappa shape index (κ1) is 15.2. The van der Waals surface area contributed by atoms with Gasteiger partial charge in [-0.15, -0.1) is 0 Å². The molecule has 0 aliphatic heterocycles. The molecular formula is C14H21N3O2S. The standard InChI is InChI=1S/C14H21N3O2S/c1-18-7-5-17(6-8-19-2)10-11-3-4-12-13(9-11)20-14(15)16-12/h3-4,9H,5-8,10H2,1-2H3,(H2,15,16). The predicted molar refractivity (Wildman–Crippen MR) is 83.1 cm³/mol. The molecule has 2 aromatic rings. The molecule has 0 saturated carbocycles. The average molecular weight is 295 g/mol. The van der Waals surface area contributed by atoms with E-state index >= 15 is 0 Å². The summed E-state index contributed by atoms with van der Waals surface area (Å²) in [6.45, 7) is 4.10. The molecule has 110 valence electrons. The molecule has 0 bridgehead atoms. The van der Waals surface area contributed by atoms with E-state index < -0.39 is 0 Å². The smallest absolute Gasteiger partial charge is 0.181 e. The molecule has 1 aromatic heterocycles. The summed E-state index contributed by atoms with van der Waals surface area (Å²) in [6, 6.07) is 6.30. The SMILES string of the molecule is COCCN(CCOC)Cc1ccc2nc(N)sc2c1. The van der Waals surface area contributed by atoms with Crippen molar-refractivity contribution in [1.29, 1.82) is 0 Å². The van der Waals surface area contributed by atoms with E-state index in [0.717, 1.165) is 43.1 Å². The highest BCUT2D eigenvalue weighted by molar-refractivity contribution is 7.22. The molecule has 5 nitrogen and oxygen atoms in total. The van der Waals surface area contributed by atoms with E-state index in [1.807, 2.05) is 6.07 Å². The zero-order valence-electron chi connectivity index (χ0n) is 12.0. The van der Waals surface area contributed by atoms with E-state index in [1.54, 1.807) is 14.2 Å². The Morgan fingerprint density at radius 3 is 2.55 bits per heavy atom. The molecule has 0 saturated heterocycles. The lowest BCUT2D eigenvalue weighted by atomic mass is 10.2. The molecule has 2 N–H and O–H groups in total. The van der Waals surface area contributed by atoms with Crippen molar-refractivity contribution in [3.8, 4) is 0 Å². The maximum Gasteiger partial charge on any atom is 0.181 e. The molecule has 0 unspecified atom stereocenters. The number of aromatic nitrogens is 1. The van der Waals surface area contributed by atoms with Gasteiger partial charge in [0.2, 0.25) is 0 Å². The normalized spacial score (nSPS) is 11.6. The van der Waals surface area contributed by atoms with Gasteiger partial charge in [0.25, 0.3) is 0 Å². The summed E-state index contributed by atoms with van der Waals surface area (Å²) in [5.74, 6) is 0. The number of methoxy groups -OCH3 is 2. The molecule has 0 aliphatic rings. The van der Waals surface area contributed by atoms with Gasteiger partial charge in [0.1, 0.15) is 0 Å². The van der Waals surface area contributed by atoms with Gasteiger partial charge < -0.3 is 15.2 Å². The molecule has 1 heterocycles. The summed E-state index contributed by atoms with van der Waals surface area (Å²) < 4.78 is 11.5.